The molecule has 164 valence electrons. The van der Waals surface area contributed by atoms with E-state index in [2.05, 4.69) is 35.2 Å². The van der Waals surface area contributed by atoms with Gasteiger partial charge in [0.15, 0.2) is 0 Å². The van der Waals surface area contributed by atoms with E-state index in [0.717, 1.165) is 50.1 Å². The predicted octanol–water partition coefficient (Wildman–Crippen LogP) is 3.88. The molecule has 0 spiro atoms. The monoisotopic (exact) mass is 420 g/mol. The number of hydrogen-bond acceptors (Lipinski definition) is 3. The molecule has 0 N–H and O–H groups in total. The van der Waals surface area contributed by atoms with Gasteiger partial charge in [-0.25, -0.2) is 0 Å². The maximum Gasteiger partial charge on any atom is 0.226 e. The summed E-state index contributed by atoms with van der Waals surface area (Å²) < 4.78 is 5.17. The van der Waals surface area contributed by atoms with Crippen LogP contribution in [0.25, 0.3) is 0 Å². The van der Waals surface area contributed by atoms with Gasteiger partial charge in [-0.3, -0.25) is 9.59 Å². The van der Waals surface area contributed by atoms with Gasteiger partial charge < -0.3 is 14.5 Å². The molecule has 0 radical (unpaired) electrons. The normalized spacial score (nSPS) is 18.1. The van der Waals surface area contributed by atoms with Crippen LogP contribution in [0, 0.1) is 5.92 Å². The van der Waals surface area contributed by atoms with E-state index in [1.54, 1.807) is 7.11 Å². The fourth-order valence-corrected chi connectivity index (χ4v) is 4.82. The van der Waals surface area contributed by atoms with Gasteiger partial charge in [0.1, 0.15) is 5.75 Å². The Morgan fingerprint density at radius 2 is 1.45 bits per heavy atom. The van der Waals surface area contributed by atoms with Gasteiger partial charge in [0.05, 0.1) is 13.5 Å². The molecule has 5 heteroatoms. The fraction of sp³-hybridized carbons (Fsp3) is 0.462. The first-order valence-electron chi connectivity index (χ1n) is 11.4. The third kappa shape index (κ3) is 5.27. The number of methoxy groups -OCH3 is 1. The fourth-order valence-electron chi connectivity index (χ4n) is 4.82. The second kappa shape index (κ2) is 9.99. The third-order valence-corrected chi connectivity index (χ3v) is 6.79. The van der Waals surface area contributed by atoms with E-state index < -0.39 is 0 Å². The van der Waals surface area contributed by atoms with Crippen LogP contribution < -0.4 is 4.74 Å². The Morgan fingerprint density at radius 3 is 2.06 bits per heavy atom. The molecule has 5 nitrogen and oxygen atoms in total. The number of rotatable bonds is 5. The van der Waals surface area contributed by atoms with Gasteiger partial charge in [0, 0.05) is 32.1 Å². The molecule has 0 atom stereocenters. The predicted molar refractivity (Wildman–Crippen MR) is 121 cm³/mol. The van der Waals surface area contributed by atoms with Crippen molar-refractivity contribution in [1.82, 2.24) is 9.80 Å². The molecular weight excluding hydrogens is 388 g/mol. The summed E-state index contributed by atoms with van der Waals surface area (Å²) in [5.41, 5.74) is 2.38. The van der Waals surface area contributed by atoms with Crippen LogP contribution in [0.5, 0.6) is 5.75 Å². The van der Waals surface area contributed by atoms with Crippen molar-refractivity contribution in [3.05, 3.63) is 65.7 Å². The molecule has 2 heterocycles. The summed E-state index contributed by atoms with van der Waals surface area (Å²) in [6.07, 6.45) is 4.01. The average molecular weight is 421 g/mol. The van der Waals surface area contributed by atoms with Crippen LogP contribution in [0.2, 0.25) is 0 Å². The molecule has 0 saturated carbocycles. The Bertz CT molecular complexity index is 865. The maximum absolute atomic E-state index is 13.0. The summed E-state index contributed by atoms with van der Waals surface area (Å²) in [4.78, 5) is 29.7. The maximum atomic E-state index is 13.0. The summed E-state index contributed by atoms with van der Waals surface area (Å²) in [6.45, 7) is 3.03. The van der Waals surface area contributed by atoms with Crippen LogP contribution in [0.4, 0.5) is 0 Å². The first kappa shape index (κ1) is 21.4. The van der Waals surface area contributed by atoms with Crippen molar-refractivity contribution in [3.8, 4) is 5.75 Å². The van der Waals surface area contributed by atoms with E-state index in [1.807, 2.05) is 29.2 Å². The van der Waals surface area contributed by atoms with Crippen molar-refractivity contribution in [2.45, 2.75) is 38.0 Å². The average Bonchev–Trinajstić information content (AvgIpc) is 2.85. The van der Waals surface area contributed by atoms with E-state index in [9.17, 15) is 9.59 Å². The second-order valence-electron chi connectivity index (χ2n) is 8.69. The molecule has 2 amide bonds. The zero-order valence-corrected chi connectivity index (χ0v) is 18.3. The largest absolute Gasteiger partial charge is 0.497 e. The van der Waals surface area contributed by atoms with Gasteiger partial charge in [-0.05, 0) is 54.9 Å². The molecule has 0 unspecified atom stereocenters. The first-order chi connectivity index (χ1) is 15.1. The van der Waals surface area contributed by atoms with Crippen LogP contribution >= 0.6 is 0 Å². The highest BCUT2D eigenvalue weighted by Gasteiger charge is 2.32. The topological polar surface area (TPSA) is 49.9 Å². The lowest BCUT2D eigenvalue weighted by Gasteiger charge is -2.37. The molecule has 2 aromatic carbocycles. The highest BCUT2D eigenvalue weighted by molar-refractivity contribution is 5.81. The number of ether oxygens (including phenoxy) is 1. The Hall–Kier alpha value is -2.82. The molecule has 0 aromatic heterocycles. The minimum Gasteiger partial charge on any atom is -0.497 e. The first-order valence-corrected chi connectivity index (χ1v) is 11.4. The smallest absolute Gasteiger partial charge is 0.226 e. The SMILES string of the molecule is COc1ccc(CC(=O)N2CCC(C(=O)N3CCC(c4ccccc4)CC3)CC2)cc1. The third-order valence-electron chi connectivity index (χ3n) is 6.79. The van der Waals surface area contributed by atoms with Crippen LogP contribution in [0.15, 0.2) is 54.6 Å². The molecule has 0 aliphatic carbocycles. The van der Waals surface area contributed by atoms with Crippen molar-refractivity contribution in [3.63, 3.8) is 0 Å². The van der Waals surface area contributed by atoms with Gasteiger partial charge >= 0.3 is 0 Å². The second-order valence-corrected chi connectivity index (χ2v) is 8.69. The lowest BCUT2D eigenvalue weighted by atomic mass is 9.88. The van der Waals surface area contributed by atoms with Crippen LogP contribution in [0.3, 0.4) is 0 Å². The lowest BCUT2D eigenvalue weighted by Crippen LogP contribution is -2.46. The molecule has 2 aliphatic heterocycles. The van der Waals surface area contributed by atoms with Crippen molar-refractivity contribution in [2.75, 3.05) is 33.3 Å². The Morgan fingerprint density at radius 1 is 0.839 bits per heavy atom. The van der Waals surface area contributed by atoms with Gasteiger partial charge in [-0.2, -0.15) is 0 Å². The van der Waals surface area contributed by atoms with E-state index >= 15 is 0 Å². The van der Waals surface area contributed by atoms with Gasteiger partial charge in [0.25, 0.3) is 0 Å². The summed E-state index contributed by atoms with van der Waals surface area (Å²) in [6, 6.07) is 18.3. The van der Waals surface area contributed by atoms with Crippen LogP contribution in [-0.4, -0.2) is 54.9 Å². The molecule has 2 aromatic rings. The summed E-state index contributed by atoms with van der Waals surface area (Å²) in [5, 5.41) is 0. The zero-order chi connectivity index (χ0) is 21.6. The summed E-state index contributed by atoms with van der Waals surface area (Å²) >= 11 is 0. The Kier molecular flexibility index (Phi) is 6.90. The Balaban J connectivity index is 1.23. The lowest BCUT2D eigenvalue weighted by molar-refractivity contribution is -0.141. The standard InChI is InChI=1S/C26H32N2O3/c1-31-24-9-7-20(8-10-24)19-25(29)27-15-13-23(14-16-27)26(30)28-17-11-22(12-18-28)21-5-3-2-4-6-21/h2-10,22-23H,11-19H2,1H3. The highest BCUT2D eigenvalue weighted by Crippen LogP contribution is 2.30. The van der Waals surface area contributed by atoms with E-state index in [0.29, 0.717) is 25.4 Å². The van der Waals surface area contributed by atoms with Gasteiger partial charge in [-0.1, -0.05) is 42.5 Å². The number of hydrogen-bond donors (Lipinski definition) is 0. The number of carbonyl (C=O) groups is 2. The quantitative estimate of drug-likeness (QED) is 0.738. The number of likely N-dealkylation sites (tertiary alicyclic amines) is 2. The van der Waals surface area contributed by atoms with Crippen molar-refractivity contribution in [2.24, 2.45) is 5.92 Å². The zero-order valence-electron chi connectivity index (χ0n) is 18.3. The molecule has 2 fully saturated rings. The number of amides is 2. The minimum atomic E-state index is 0.0540. The van der Waals surface area contributed by atoms with E-state index in [-0.39, 0.29) is 17.7 Å². The van der Waals surface area contributed by atoms with Crippen molar-refractivity contribution < 1.29 is 14.3 Å². The number of nitrogens with zero attached hydrogens (tertiary/aromatic N) is 2. The number of piperidine rings is 2. The highest BCUT2D eigenvalue weighted by atomic mass is 16.5. The van der Waals surface area contributed by atoms with Crippen molar-refractivity contribution in [1.29, 1.82) is 0 Å². The van der Waals surface area contributed by atoms with Gasteiger partial charge in [0.2, 0.25) is 11.8 Å². The molecule has 2 saturated heterocycles. The minimum absolute atomic E-state index is 0.0540. The van der Waals surface area contributed by atoms with E-state index in [4.69, 9.17) is 4.74 Å². The molecular formula is C26H32N2O3. The van der Waals surface area contributed by atoms with Crippen LogP contribution in [0.1, 0.15) is 42.7 Å². The van der Waals surface area contributed by atoms with Crippen molar-refractivity contribution >= 4 is 11.8 Å². The molecule has 2 aliphatic rings. The number of benzene rings is 2. The summed E-state index contributed by atoms with van der Waals surface area (Å²) in [5.74, 6) is 1.83. The van der Waals surface area contributed by atoms with E-state index in [1.165, 1.54) is 5.56 Å². The Labute approximate surface area is 185 Å². The van der Waals surface area contributed by atoms with Gasteiger partial charge in [-0.15, -0.1) is 0 Å². The summed E-state index contributed by atoms with van der Waals surface area (Å²) in [7, 11) is 1.64. The van der Waals surface area contributed by atoms with Crippen LogP contribution in [-0.2, 0) is 16.0 Å². The molecule has 0 bridgehead atoms. The molecule has 4 rings (SSSR count). The number of carbonyl (C=O) groups excluding carboxylic acids is 2. The molecule has 31 heavy (non-hydrogen) atoms.